The van der Waals surface area contributed by atoms with Crippen molar-refractivity contribution in [2.75, 3.05) is 0 Å². The number of hydrazine groups is 1. The third-order valence-corrected chi connectivity index (χ3v) is 2.92. The van der Waals surface area contributed by atoms with E-state index >= 15 is 0 Å². The van der Waals surface area contributed by atoms with Crippen molar-refractivity contribution >= 4 is 0 Å². The Morgan fingerprint density at radius 2 is 2.00 bits per heavy atom. The van der Waals surface area contributed by atoms with E-state index < -0.39 is 0 Å². The molecule has 2 atom stereocenters. The molecule has 0 spiro atoms. The molecule has 1 aromatic carbocycles. The van der Waals surface area contributed by atoms with Gasteiger partial charge in [-0.1, -0.05) is 44.5 Å². The molecule has 2 nitrogen and oxygen atoms in total. The molecule has 0 saturated heterocycles. The minimum Gasteiger partial charge on any atom is -0.271 e. The van der Waals surface area contributed by atoms with Gasteiger partial charge in [-0.05, 0) is 24.0 Å². The third-order valence-electron chi connectivity index (χ3n) is 2.92. The molecular weight excluding hydrogens is 172 g/mol. The lowest BCUT2D eigenvalue weighted by Crippen LogP contribution is -2.32. The summed E-state index contributed by atoms with van der Waals surface area (Å²) in [6.07, 6.45) is 1.13. The number of nitrogens with two attached hydrogens (primary N) is 1. The van der Waals surface area contributed by atoms with E-state index in [0.29, 0.717) is 5.92 Å². The first-order valence-corrected chi connectivity index (χ1v) is 5.22. The molecule has 0 radical (unpaired) electrons. The second kappa shape index (κ2) is 5.13. The predicted molar refractivity (Wildman–Crippen MR) is 60.7 cm³/mol. The molecule has 1 aromatic rings. The number of hydrogen-bond acceptors (Lipinski definition) is 2. The molecule has 0 aliphatic carbocycles. The lowest BCUT2D eigenvalue weighted by atomic mass is 9.90. The summed E-state index contributed by atoms with van der Waals surface area (Å²) in [5, 5.41) is 0. The van der Waals surface area contributed by atoms with Gasteiger partial charge in [-0.25, -0.2) is 0 Å². The molecule has 1 rings (SSSR count). The number of rotatable bonds is 4. The Labute approximate surface area is 86.5 Å². The van der Waals surface area contributed by atoms with E-state index in [2.05, 4.69) is 50.5 Å². The summed E-state index contributed by atoms with van der Waals surface area (Å²) in [4.78, 5) is 0. The third kappa shape index (κ3) is 2.34. The van der Waals surface area contributed by atoms with Crippen LogP contribution in [0.4, 0.5) is 0 Å². The molecule has 78 valence electrons. The molecule has 14 heavy (non-hydrogen) atoms. The lowest BCUT2D eigenvalue weighted by molar-refractivity contribution is 0.381. The fourth-order valence-electron chi connectivity index (χ4n) is 1.73. The van der Waals surface area contributed by atoms with Crippen LogP contribution in [0.2, 0.25) is 0 Å². The Morgan fingerprint density at radius 1 is 1.36 bits per heavy atom. The van der Waals surface area contributed by atoms with E-state index in [1.807, 2.05) is 0 Å². The van der Waals surface area contributed by atoms with Gasteiger partial charge in [-0.15, -0.1) is 0 Å². The van der Waals surface area contributed by atoms with Crippen molar-refractivity contribution in [2.45, 2.75) is 33.2 Å². The second-order valence-corrected chi connectivity index (χ2v) is 3.89. The van der Waals surface area contributed by atoms with Crippen LogP contribution in [0.3, 0.4) is 0 Å². The predicted octanol–water partition coefficient (Wildman–Crippen LogP) is 2.55. The topological polar surface area (TPSA) is 38.0 Å². The molecule has 2 heteroatoms. The van der Waals surface area contributed by atoms with Crippen LogP contribution in [0.5, 0.6) is 0 Å². The van der Waals surface area contributed by atoms with E-state index in [1.165, 1.54) is 11.1 Å². The maximum absolute atomic E-state index is 5.60. The van der Waals surface area contributed by atoms with Crippen LogP contribution in [-0.4, -0.2) is 0 Å². The van der Waals surface area contributed by atoms with Crippen molar-refractivity contribution in [1.29, 1.82) is 0 Å². The van der Waals surface area contributed by atoms with Gasteiger partial charge in [0.15, 0.2) is 0 Å². The molecule has 0 aromatic heterocycles. The monoisotopic (exact) mass is 192 g/mol. The zero-order valence-electron chi connectivity index (χ0n) is 9.25. The quantitative estimate of drug-likeness (QED) is 0.568. The Kier molecular flexibility index (Phi) is 4.11. The molecule has 0 bridgehead atoms. The van der Waals surface area contributed by atoms with Crippen molar-refractivity contribution in [2.24, 2.45) is 11.8 Å². The van der Waals surface area contributed by atoms with Gasteiger partial charge < -0.3 is 0 Å². The van der Waals surface area contributed by atoms with Crippen LogP contribution in [0.25, 0.3) is 0 Å². The molecule has 2 unspecified atom stereocenters. The van der Waals surface area contributed by atoms with Crippen molar-refractivity contribution < 1.29 is 0 Å². The Bertz CT molecular complexity index is 283. The number of nitrogens with one attached hydrogen (secondary N) is 1. The van der Waals surface area contributed by atoms with Crippen LogP contribution >= 0.6 is 0 Å². The fourth-order valence-corrected chi connectivity index (χ4v) is 1.73. The van der Waals surface area contributed by atoms with Crippen LogP contribution < -0.4 is 11.3 Å². The summed E-state index contributed by atoms with van der Waals surface area (Å²) in [7, 11) is 0. The number of hydrogen-bond donors (Lipinski definition) is 2. The average molecular weight is 192 g/mol. The molecule has 0 aliphatic rings. The highest BCUT2D eigenvalue weighted by Crippen LogP contribution is 2.25. The zero-order chi connectivity index (χ0) is 10.6. The van der Waals surface area contributed by atoms with Crippen molar-refractivity contribution in [3.05, 3.63) is 35.4 Å². The maximum Gasteiger partial charge on any atom is 0.0488 e. The van der Waals surface area contributed by atoms with E-state index in [9.17, 15) is 0 Å². The molecule has 3 N–H and O–H groups in total. The van der Waals surface area contributed by atoms with Gasteiger partial charge in [0.1, 0.15) is 0 Å². The summed E-state index contributed by atoms with van der Waals surface area (Å²) in [6, 6.07) is 8.66. The Balaban J connectivity index is 2.94. The summed E-state index contributed by atoms with van der Waals surface area (Å²) in [5.74, 6) is 6.16. The zero-order valence-corrected chi connectivity index (χ0v) is 9.25. The first-order chi connectivity index (χ1) is 6.70. The minimum absolute atomic E-state index is 0.265. The highest BCUT2D eigenvalue weighted by atomic mass is 15.2. The number of benzene rings is 1. The highest BCUT2D eigenvalue weighted by molar-refractivity contribution is 5.28. The fraction of sp³-hybridized carbons (Fsp3) is 0.500. The van der Waals surface area contributed by atoms with Gasteiger partial charge in [0, 0.05) is 6.04 Å². The lowest BCUT2D eigenvalue weighted by Gasteiger charge is -2.24. The van der Waals surface area contributed by atoms with Gasteiger partial charge in [0.2, 0.25) is 0 Å². The Morgan fingerprint density at radius 3 is 2.50 bits per heavy atom. The van der Waals surface area contributed by atoms with Gasteiger partial charge in [0.05, 0.1) is 0 Å². The van der Waals surface area contributed by atoms with Gasteiger partial charge >= 0.3 is 0 Å². The van der Waals surface area contributed by atoms with Crippen molar-refractivity contribution in [3.63, 3.8) is 0 Å². The maximum atomic E-state index is 5.60. The minimum atomic E-state index is 0.265. The van der Waals surface area contributed by atoms with E-state index in [4.69, 9.17) is 5.84 Å². The SMILES string of the molecule is CCC(C)C(NN)c1ccccc1C. The summed E-state index contributed by atoms with van der Waals surface area (Å²) in [5.41, 5.74) is 5.52. The van der Waals surface area contributed by atoms with Crippen LogP contribution in [0.15, 0.2) is 24.3 Å². The van der Waals surface area contributed by atoms with E-state index in [1.54, 1.807) is 0 Å². The molecule has 0 saturated carbocycles. The molecule has 0 heterocycles. The van der Waals surface area contributed by atoms with Crippen LogP contribution in [-0.2, 0) is 0 Å². The molecule has 0 fully saturated rings. The first kappa shape index (κ1) is 11.2. The van der Waals surface area contributed by atoms with Gasteiger partial charge in [-0.3, -0.25) is 11.3 Å². The summed E-state index contributed by atoms with van der Waals surface area (Å²) >= 11 is 0. The van der Waals surface area contributed by atoms with Crippen LogP contribution in [0.1, 0.15) is 37.4 Å². The largest absolute Gasteiger partial charge is 0.271 e. The molecular formula is C12H20N2. The summed E-state index contributed by atoms with van der Waals surface area (Å²) < 4.78 is 0. The Hall–Kier alpha value is -0.860. The average Bonchev–Trinajstić information content (AvgIpc) is 2.21. The second-order valence-electron chi connectivity index (χ2n) is 3.89. The van der Waals surface area contributed by atoms with Gasteiger partial charge in [0.25, 0.3) is 0 Å². The van der Waals surface area contributed by atoms with E-state index in [-0.39, 0.29) is 6.04 Å². The smallest absolute Gasteiger partial charge is 0.0488 e. The van der Waals surface area contributed by atoms with Crippen molar-refractivity contribution in [1.82, 2.24) is 5.43 Å². The van der Waals surface area contributed by atoms with Gasteiger partial charge in [-0.2, -0.15) is 0 Å². The highest BCUT2D eigenvalue weighted by Gasteiger charge is 2.17. The normalized spacial score (nSPS) is 15.1. The van der Waals surface area contributed by atoms with Crippen LogP contribution in [0, 0.1) is 12.8 Å². The van der Waals surface area contributed by atoms with Crippen molar-refractivity contribution in [3.8, 4) is 0 Å². The van der Waals surface area contributed by atoms with E-state index in [0.717, 1.165) is 6.42 Å². The standard InChI is InChI=1S/C12H20N2/c1-4-9(2)12(14-13)11-8-6-5-7-10(11)3/h5-9,12,14H,4,13H2,1-3H3. The molecule has 0 aliphatic heterocycles. The summed E-state index contributed by atoms with van der Waals surface area (Å²) in [6.45, 7) is 6.53. The molecule has 0 amide bonds. The number of aryl methyl sites for hydroxylation is 1. The first-order valence-electron chi connectivity index (χ1n) is 5.22.